The lowest BCUT2D eigenvalue weighted by Gasteiger charge is -2.43. The third-order valence-corrected chi connectivity index (χ3v) is 5.90. The van der Waals surface area contributed by atoms with Crippen LogP contribution in [0.5, 0.6) is 0 Å². The molecule has 0 aromatic heterocycles. The predicted octanol–water partition coefficient (Wildman–Crippen LogP) is 3.61. The van der Waals surface area contributed by atoms with Crippen LogP contribution in [0.1, 0.15) is 60.3 Å². The van der Waals surface area contributed by atoms with Crippen molar-refractivity contribution in [1.82, 2.24) is 5.32 Å². The largest absolute Gasteiger partial charge is 0.379 e. The minimum atomic E-state index is -0.00430. The molecule has 3 unspecified atom stereocenters. The van der Waals surface area contributed by atoms with Crippen LogP contribution >= 0.6 is 0 Å². The van der Waals surface area contributed by atoms with Gasteiger partial charge in [-0.3, -0.25) is 0 Å². The fourth-order valence-electron chi connectivity index (χ4n) is 4.43. The van der Waals surface area contributed by atoms with E-state index in [4.69, 9.17) is 4.74 Å². The summed E-state index contributed by atoms with van der Waals surface area (Å²) in [7, 11) is 1.81. The van der Waals surface area contributed by atoms with Crippen molar-refractivity contribution in [2.45, 2.75) is 71.9 Å². The first-order chi connectivity index (χ1) is 8.21. The Morgan fingerprint density at radius 2 is 1.94 bits per heavy atom. The van der Waals surface area contributed by atoms with E-state index in [0.717, 1.165) is 18.9 Å². The van der Waals surface area contributed by atoms with Gasteiger partial charge < -0.3 is 10.1 Å². The highest BCUT2D eigenvalue weighted by Crippen LogP contribution is 2.62. The van der Waals surface area contributed by atoms with Crippen LogP contribution in [0.3, 0.4) is 0 Å². The van der Waals surface area contributed by atoms with Crippen molar-refractivity contribution in [3.05, 3.63) is 0 Å². The van der Waals surface area contributed by atoms with Gasteiger partial charge in [0.1, 0.15) is 0 Å². The number of hydrogen-bond donors (Lipinski definition) is 1. The first-order valence-corrected chi connectivity index (χ1v) is 7.50. The zero-order valence-electron chi connectivity index (χ0n) is 13.1. The molecule has 0 aliphatic heterocycles. The van der Waals surface area contributed by atoms with Crippen molar-refractivity contribution in [2.75, 3.05) is 13.7 Å². The summed E-state index contributed by atoms with van der Waals surface area (Å²) in [6.07, 6.45) is 5.35. The van der Waals surface area contributed by atoms with E-state index < -0.39 is 0 Å². The molecule has 2 saturated carbocycles. The Balaban J connectivity index is 1.93. The molecule has 0 aromatic carbocycles. The van der Waals surface area contributed by atoms with E-state index in [-0.39, 0.29) is 5.60 Å². The summed E-state index contributed by atoms with van der Waals surface area (Å²) in [5.74, 6) is 0.926. The third kappa shape index (κ3) is 2.34. The molecule has 0 amide bonds. The molecule has 2 nitrogen and oxygen atoms in total. The molecule has 1 N–H and O–H groups in total. The lowest BCUT2D eigenvalue weighted by atomic mass is 9.68. The van der Waals surface area contributed by atoms with Crippen LogP contribution in [-0.4, -0.2) is 25.3 Å². The van der Waals surface area contributed by atoms with Gasteiger partial charge in [-0.1, -0.05) is 20.8 Å². The van der Waals surface area contributed by atoms with E-state index in [2.05, 4.69) is 39.9 Å². The number of fused-ring (bicyclic) bond motifs is 2. The molecule has 0 spiro atoms. The molecule has 18 heavy (non-hydrogen) atoms. The Morgan fingerprint density at radius 3 is 2.44 bits per heavy atom. The lowest BCUT2D eigenvalue weighted by molar-refractivity contribution is 0.0117. The first kappa shape index (κ1) is 14.3. The van der Waals surface area contributed by atoms with Crippen LogP contribution in [0.4, 0.5) is 0 Å². The van der Waals surface area contributed by atoms with Crippen molar-refractivity contribution in [1.29, 1.82) is 0 Å². The monoisotopic (exact) mass is 253 g/mol. The summed E-state index contributed by atoms with van der Waals surface area (Å²) in [5.41, 5.74) is 0.991. The zero-order chi connectivity index (χ0) is 13.6. The number of nitrogens with one attached hydrogen (secondary N) is 1. The van der Waals surface area contributed by atoms with Crippen molar-refractivity contribution in [3.63, 3.8) is 0 Å². The number of rotatable bonds is 5. The number of hydrogen-bond acceptors (Lipinski definition) is 2. The van der Waals surface area contributed by atoms with Crippen LogP contribution in [0.2, 0.25) is 0 Å². The Bertz CT molecular complexity index is 305. The van der Waals surface area contributed by atoms with E-state index in [1.54, 1.807) is 0 Å². The molecule has 2 rings (SSSR count). The van der Waals surface area contributed by atoms with E-state index in [1.165, 1.54) is 19.3 Å². The Morgan fingerprint density at radius 1 is 1.28 bits per heavy atom. The zero-order valence-corrected chi connectivity index (χ0v) is 13.1. The van der Waals surface area contributed by atoms with E-state index >= 15 is 0 Å². The molecule has 2 fully saturated rings. The highest BCUT2D eigenvalue weighted by molar-refractivity contribution is 5.12. The fraction of sp³-hybridized carbons (Fsp3) is 1.00. The second kappa shape index (κ2) is 4.49. The van der Waals surface area contributed by atoms with Crippen LogP contribution in [0, 0.1) is 16.7 Å². The molecule has 2 aliphatic carbocycles. The van der Waals surface area contributed by atoms with Gasteiger partial charge in [0.05, 0.1) is 5.60 Å². The molecule has 2 heteroatoms. The molecule has 2 bridgehead atoms. The quantitative estimate of drug-likeness (QED) is 0.808. The summed E-state index contributed by atoms with van der Waals surface area (Å²) >= 11 is 0. The minimum Gasteiger partial charge on any atom is -0.379 e. The molecule has 0 aromatic rings. The van der Waals surface area contributed by atoms with Crippen LogP contribution in [0.25, 0.3) is 0 Å². The van der Waals surface area contributed by atoms with Gasteiger partial charge in [0.25, 0.3) is 0 Å². The summed E-state index contributed by atoms with van der Waals surface area (Å²) in [5, 5.41) is 3.85. The summed E-state index contributed by atoms with van der Waals surface area (Å²) in [6.45, 7) is 12.8. The van der Waals surface area contributed by atoms with Gasteiger partial charge in [0, 0.05) is 13.2 Å². The smallest absolute Gasteiger partial charge is 0.0634 e. The molecule has 0 saturated heterocycles. The predicted molar refractivity (Wildman–Crippen MR) is 76.7 cm³/mol. The Kier molecular flexibility index (Phi) is 3.57. The molecule has 0 radical (unpaired) electrons. The lowest BCUT2D eigenvalue weighted by Crippen LogP contribution is -2.51. The second-order valence-electron chi connectivity index (χ2n) is 8.02. The van der Waals surface area contributed by atoms with Crippen LogP contribution < -0.4 is 5.32 Å². The van der Waals surface area contributed by atoms with Gasteiger partial charge in [-0.15, -0.1) is 0 Å². The average molecular weight is 253 g/mol. The van der Waals surface area contributed by atoms with Gasteiger partial charge in [-0.05, 0) is 62.8 Å². The number of ether oxygens (including phenoxy) is 1. The highest BCUT2D eigenvalue weighted by Gasteiger charge is 2.58. The fourth-order valence-corrected chi connectivity index (χ4v) is 4.43. The molecule has 2 aliphatic rings. The van der Waals surface area contributed by atoms with Gasteiger partial charge in [-0.25, -0.2) is 0 Å². The number of methoxy groups -OCH3 is 1. The summed E-state index contributed by atoms with van der Waals surface area (Å²) < 4.78 is 5.50. The van der Waals surface area contributed by atoms with E-state index in [1.807, 2.05) is 7.11 Å². The van der Waals surface area contributed by atoms with Crippen LogP contribution in [0.15, 0.2) is 0 Å². The molecular formula is C16H31NO. The van der Waals surface area contributed by atoms with Crippen molar-refractivity contribution >= 4 is 0 Å². The topological polar surface area (TPSA) is 21.3 Å². The van der Waals surface area contributed by atoms with Crippen molar-refractivity contribution in [3.8, 4) is 0 Å². The second-order valence-corrected chi connectivity index (χ2v) is 8.02. The standard InChI is InChI=1S/C16H31NO/c1-14(2,18-6)9-10-17-13-15(3,4)12-7-8-16(13,5)11-12/h12-13,17H,7-11H2,1-6H3. The van der Waals surface area contributed by atoms with Gasteiger partial charge in [0.2, 0.25) is 0 Å². The maximum atomic E-state index is 5.50. The third-order valence-electron chi connectivity index (χ3n) is 5.90. The maximum Gasteiger partial charge on any atom is 0.0634 e. The van der Waals surface area contributed by atoms with E-state index in [9.17, 15) is 0 Å². The van der Waals surface area contributed by atoms with Gasteiger partial charge in [-0.2, -0.15) is 0 Å². The van der Waals surface area contributed by atoms with E-state index in [0.29, 0.717) is 16.9 Å². The Hall–Kier alpha value is -0.0800. The van der Waals surface area contributed by atoms with Crippen LogP contribution in [-0.2, 0) is 4.74 Å². The molecule has 106 valence electrons. The van der Waals surface area contributed by atoms with Crippen molar-refractivity contribution in [2.24, 2.45) is 16.7 Å². The first-order valence-electron chi connectivity index (χ1n) is 7.50. The average Bonchev–Trinajstić information content (AvgIpc) is 2.74. The summed E-state index contributed by atoms with van der Waals surface area (Å²) in [4.78, 5) is 0. The summed E-state index contributed by atoms with van der Waals surface area (Å²) in [6, 6.07) is 0.677. The normalized spacial score (nSPS) is 38.3. The molecule has 3 atom stereocenters. The molecule has 0 heterocycles. The Labute approximate surface area is 113 Å². The van der Waals surface area contributed by atoms with Crippen molar-refractivity contribution < 1.29 is 4.74 Å². The van der Waals surface area contributed by atoms with Gasteiger partial charge in [0.15, 0.2) is 0 Å². The van der Waals surface area contributed by atoms with Gasteiger partial charge >= 0.3 is 0 Å². The minimum absolute atomic E-state index is 0.00430. The highest BCUT2D eigenvalue weighted by atomic mass is 16.5. The maximum absolute atomic E-state index is 5.50. The SMILES string of the molecule is COC(C)(C)CCNC1C2(C)CCC(C2)C1(C)C. The molecular weight excluding hydrogens is 222 g/mol.